The molecule has 0 amide bonds. The SMILES string of the molecule is CN1CC(C)(C)N(C)CC1(C)C. The number of hydrogen-bond donors (Lipinski definition) is 0. The molecule has 1 aliphatic rings. The zero-order valence-corrected chi connectivity index (χ0v) is 9.31. The fourth-order valence-electron chi connectivity index (χ4n) is 1.83. The standard InChI is InChI=1S/C10H22N2/c1-9(2)7-12(6)10(3,4)8-11(9)5/h7-8H2,1-6H3. The van der Waals surface area contributed by atoms with Crippen LogP contribution in [0, 0.1) is 0 Å². The molecular weight excluding hydrogens is 148 g/mol. The Labute approximate surface area is 76.5 Å². The fourth-order valence-corrected chi connectivity index (χ4v) is 1.83. The van der Waals surface area contributed by atoms with Crippen LogP contribution in [-0.2, 0) is 0 Å². The Morgan fingerprint density at radius 1 is 0.750 bits per heavy atom. The van der Waals surface area contributed by atoms with Crippen LogP contribution in [0.1, 0.15) is 27.7 Å². The predicted molar refractivity (Wildman–Crippen MR) is 53.4 cm³/mol. The molecule has 1 heterocycles. The van der Waals surface area contributed by atoms with Crippen molar-refractivity contribution >= 4 is 0 Å². The van der Waals surface area contributed by atoms with Crippen molar-refractivity contribution in [2.24, 2.45) is 0 Å². The molecule has 0 N–H and O–H groups in total. The zero-order valence-electron chi connectivity index (χ0n) is 9.31. The normalized spacial score (nSPS) is 30.5. The minimum atomic E-state index is 0.324. The minimum Gasteiger partial charge on any atom is -0.298 e. The number of nitrogens with zero attached hydrogens (tertiary/aromatic N) is 2. The Morgan fingerprint density at radius 2 is 1.00 bits per heavy atom. The van der Waals surface area contributed by atoms with Crippen LogP contribution < -0.4 is 0 Å². The van der Waals surface area contributed by atoms with Crippen LogP contribution in [0.2, 0.25) is 0 Å². The van der Waals surface area contributed by atoms with Gasteiger partial charge >= 0.3 is 0 Å². The Kier molecular flexibility index (Phi) is 2.26. The highest BCUT2D eigenvalue weighted by molar-refractivity contribution is 4.96. The summed E-state index contributed by atoms with van der Waals surface area (Å²) in [5.74, 6) is 0. The summed E-state index contributed by atoms with van der Waals surface area (Å²) >= 11 is 0. The van der Waals surface area contributed by atoms with E-state index in [-0.39, 0.29) is 0 Å². The molecule has 0 bridgehead atoms. The van der Waals surface area contributed by atoms with Crippen molar-refractivity contribution in [1.29, 1.82) is 0 Å². The Balaban J connectivity index is 2.76. The highest BCUT2D eigenvalue weighted by atomic mass is 15.3. The maximum absolute atomic E-state index is 2.45. The monoisotopic (exact) mass is 170 g/mol. The largest absolute Gasteiger partial charge is 0.298 e. The maximum atomic E-state index is 2.45. The summed E-state index contributed by atoms with van der Waals surface area (Å²) in [6.07, 6.45) is 0. The summed E-state index contributed by atoms with van der Waals surface area (Å²) in [6.45, 7) is 11.5. The number of likely N-dealkylation sites (N-methyl/N-ethyl adjacent to an activating group) is 2. The summed E-state index contributed by atoms with van der Waals surface area (Å²) in [6, 6.07) is 0. The van der Waals surface area contributed by atoms with Crippen LogP contribution in [0.15, 0.2) is 0 Å². The smallest absolute Gasteiger partial charge is 0.0278 e. The first kappa shape index (κ1) is 10.0. The first-order valence-electron chi connectivity index (χ1n) is 4.68. The van der Waals surface area contributed by atoms with E-state index in [1.54, 1.807) is 0 Å². The van der Waals surface area contributed by atoms with Crippen LogP contribution in [0.4, 0.5) is 0 Å². The van der Waals surface area contributed by atoms with Gasteiger partial charge in [0.25, 0.3) is 0 Å². The zero-order chi connectivity index (χ0) is 9.57. The predicted octanol–water partition coefficient (Wildman–Crippen LogP) is 1.42. The second kappa shape index (κ2) is 2.71. The lowest BCUT2D eigenvalue weighted by molar-refractivity contribution is -0.0269. The van der Waals surface area contributed by atoms with Gasteiger partial charge in [-0.15, -0.1) is 0 Å². The number of piperazine rings is 1. The van der Waals surface area contributed by atoms with Crippen LogP contribution in [-0.4, -0.2) is 48.1 Å². The van der Waals surface area contributed by atoms with Gasteiger partial charge in [-0.05, 0) is 41.8 Å². The van der Waals surface area contributed by atoms with E-state index in [9.17, 15) is 0 Å². The molecule has 0 atom stereocenters. The molecule has 0 unspecified atom stereocenters. The van der Waals surface area contributed by atoms with Crippen molar-refractivity contribution in [3.63, 3.8) is 0 Å². The summed E-state index contributed by atoms with van der Waals surface area (Å²) in [5.41, 5.74) is 0.647. The van der Waals surface area contributed by atoms with Gasteiger partial charge in [0, 0.05) is 24.2 Å². The lowest BCUT2D eigenvalue weighted by atomic mass is 9.90. The summed E-state index contributed by atoms with van der Waals surface area (Å²) < 4.78 is 0. The Hall–Kier alpha value is -0.0800. The van der Waals surface area contributed by atoms with E-state index >= 15 is 0 Å². The van der Waals surface area contributed by atoms with Gasteiger partial charge in [-0.2, -0.15) is 0 Å². The van der Waals surface area contributed by atoms with Crippen molar-refractivity contribution in [3.8, 4) is 0 Å². The van der Waals surface area contributed by atoms with E-state index < -0.39 is 0 Å². The first-order valence-corrected chi connectivity index (χ1v) is 4.68. The topological polar surface area (TPSA) is 6.48 Å². The molecule has 0 spiro atoms. The van der Waals surface area contributed by atoms with E-state index in [0.717, 1.165) is 13.1 Å². The lowest BCUT2D eigenvalue weighted by Gasteiger charge is -2.52. The third-order valence-corrected chi connectivity index (χ3v) is 3.31. The molecule has 0 aromatic rings. The van der Waals surface area contributed by atoms with Gasteiger partial charge in [0.1, 0.15) is 0 Å². The second-order valence-corrected chi connectivity index (χ2v) is 5.34. The van der Waals surface area contributed by atoms with Gasteiger partial charge in [-0.1, -0.05) is 0 Å². The third kappa shape index (κ3) is 1.64. The van der Waals surface area contributed by atoms with Gasteiger partial charge in [-0.25, -0.2) is 0 Å². The second-order valence-electron chi connectivity index (χ2n) is 5.34. The average molecular weight is 170 g/mol. The molecular formula is C10H22N2. The molecule has 0 saturated carbocycles. The number of rotatable bonds is 0. The third-order valence-electron chi connectivity index (χ3n) is 3.31. The van der Waals surface area contributed by atoms with Crippen LogP contribution in [0.25, 0.3) is 0 Å². The van der Waals surface area contributed by atoms with Crippen LogP contribution in [0.5, 0.6) is 0 Å². The molecule has 0 aliphatic carbocycles. The molecule has 2 heteroatoms. The molecule has 1 fully saturated rings. The van der Waals surface area contributed by atoms with Gasteiger partial charge in [0.15, 0.2) is 0 Å². The molecule has 0 aromatic carbocycles. The van der Waals surface area contributed by atoms with E-state index in [4.69, 9.17) is 0 Å². The molecule has 2 nitrogen and oxygen atoms in total. The van der Waals surface area contributed by atoms with Gasteiger partial charge in [-0.3, -0.25) is 9.80 Å². The first-order chi connectivity index (χ1) is 5.26. The summed E-state index contributed by atoms with van der Waals surface area (Å²) in [4.78, 5) is 4.90. The highest BCUT2D eigenvalue weighted by Gasteiger charge is 2.39. The summed E-state index contributed by atoms with van der Waals surface area (Å²) in [5, 5.41) is 0. The fraction of sp³-hybridized carbons (Fsp3) is 1.00. The molecule has 12 heavy (non-hydrogen) atoms. The quantitative estimate of drug-likeness (QED) is 0.542. The Morgan fingerprint density at radius 3 is 1.25 bits per heavy atom. The lowest BCUT2D eigenvalue weighted by Crippen LogP contribution is -2.65. The van der Waals surface area contributed by atoms with Crippen molar-refractivity contribution in [3.05, 3.63) is 0 Å². The molecule has 1 aliphatic heterocycles. The molecule has 0 aromatic heterocycles. The number of hydrogen-bond acceptors (Lipinski definition) is 2. The van der Waals surface area contributed by atoms with Crippen LogP contribution in [0.3, 0.4) is 0 Å². The Bertz CT molecular complexity index is 153. The van der Waals surface area contributed by atoms with Crippen molar-refractivity contribution < 1.29 is 0 Å². The molecule has 0 radical (unpaired) electrons. The minimum absolute atomic E-state index is 0.324. The maximum Gasteiger partial charge on any atom is 0.0278 e. The van der Waals surface area contributed by atoms with Gasteiger partial charge < -0.3 is 0 Å². The van der Waals surface area contributed by atoms with Crippen LogP contribution >= 0.6 is 0 Å². The highest BCUT2D eigenvalue weighted by Crippen LogP contribution is 2.27. The average Bonchev–Trinajstić information content (AvgIpc) is 1.82. The molecule has 1 rings (SSSR count). The van der Waals surface area contributed by atoms with Crippen molar-refractivity contribution in [2.75, 3.05) is 27.2 Å². The van der Waals surface area contributed by atoms with Crippen molar-refractivity contribution in [1.82, 2.24) is 9.80 Å². The molecule has 1 saturated heterocycles. The summed E-state index contributed by atoms with van der Waals surface area (Å²) in [7, 11) is 4.43. The van der Waals surface area contributed by atoms with Crippen molar-refractivity contribution in [2.45, 2.75) is 38.8 Å². The van der Waals surface area contributed by atoms with Gasteiger partial charge in [0.05, 0.1) is 0 Å². The van der Waals surface area contributed by atoms with E-state index in [1.807, 2.05) is 0 Å². The molecule has 72 valence electrons. The van der Waals surface area contributed by atoms with E-state index in [2.05, 4.69) is 51.6 Å². The van der Waals surface area contributed by atoms with E-state index in [0.29, 0.717) is 11.1 Å². The van der Waals surface area contributed by atoms with Gasteiger partial charge in [0.2, 0.25) is 0 Å². The van der Waals surface area contributed by atoms with E-state index in [1.165, 1.54) is 0 Å².